The molecular weight excluding hydrogens is 226 g/mol. The summed E-state index contributed by atoms with van der Waals surface area (Å²) in [5.74, 6) is -0.895. The highest BCUT2D eigenvalue weighted by Gasteiger charge is 2.10. The van der Waals surface area contributed by atoms with Crippen LogP contribution in [0, 0.1) is 0 Å². The molecule has 0 atom stereocenters. The van der Waals surface area contributed by atoms with Crippen LogP contribution in [0.15, 0.2) is 30.4 Å². The van der Waals surface area contributed by atoms with Crippen LogP contribution in [0.4, 0.5) is 5.69 Å². The second kappa shape index (κ2) is 5.71. The summed E-state index contributed by atoms with van der Waals surface area (Å²) in [6.45, 7) is 0.616. The maximum atomic E-state index is 10.4. The summed E-state index contributed by atoms with van der Waals surface area (Å²) in [6, 6.07) is 6.57. The highest BCUT2D eigenvalue weighted by Crippen LogP contribution is 2.25. The van der Waals surface area contributed by atoms with Gasteiger partial charge in [0.2, 0.25) is 0 Å². The van der Waals surface area contributed by atoms with Crippen LogP contribution in [0.3, 0.4) is 0 Å². The lowest BCUT2D eigenvalue weighted by Gasteiger charge is -2.22. The summed E-state index contributed by atoms with van der Waals surface area (Å²) in [6.07, 6.45) is 7.79. The van der Waals surface area contributed by atoms with Crippen molar-refractivity contribution >= 4 is 11.7 Å². The van der Waals surface area contributed by atoms with Crippen molar-refractivity contribution in [3.05, 3.63) is 41.5 Å². The van der Waals surface area contributed by atoms with Gasteiger partial charge in [-0.1, -0.05) is 12.1 Å². The number of hydrogen-bond acceptors (Lipinski definition) is 2. The Labute approximate surface area is 108 Å². The molecule has 18 heavy (non-hydrogen) atoms. The Morgan fingerprint density at radius 1 is 1.33 bits per heavy atom. The SMILES string of the molecule is CN(C/C=C/C(=O)O)c1ccc2c(c1)CCCC2. The molecule has 0 fully saturated rings. The number of fused-ring (bicyclic) bond motifs is 1. The first kappa shape index (κ1) is 12.7. The van der Waals surface area contributed by atoms with E-state index in [9.17, 15) is 4.79 Å². The van der Waals surface area contributed by atoms with Gasteiger partial charge in [0.15, 0.2) is 0 Å². The average Bonchev–Trinajstić information content (AvgIpc) is 2.37. The summed E-state index contributed by atoms with van der Waals surface area (Å²) >= 11 is 0. The van der Waals surface area contributed by atoms with E-state index in [0.29, 0.717) is 6.54 Å². The number of carboxylic acids is 1. The Bertz CT molecular complexity index is 466. The minimum Gasteiger partial charge on any atom is -0.478 e. The Kier molecular flexibility index (Phi) is 4.03. The third-order valence-corrected chi connectivity index (χ3v) is 3.41. The van der Waals surface area contributed by atoms with E-state index in [-0.39, 0.29) is 0 Å². The number of carboxylic acid groups (broad SMARTS) is 1. The third-order valence-electron chi connectivity index (χ3n) is 3.41. The van der Waals surface area contributed by atoms with E-state index in [4.69, 9.17) is 5.11 Å². The Morgan fingerprint density at radius 3 is 2.78 bits per heavy atom. The van der Waals surface area contributed by atoms with E-state index in [1.807, 2.05) is 7.05 Å². The van der Waals surface area contributed by atoms with Gasteiger partial charge in [0.05, 0.1) is 0 Å². The first-order chi connectivity index (χ1) is 8.66. The fourth-order valence-electron chi connectivity index (χ4n) is 2.37. The van der Waals surface area contributed by atoms with E-state index in [1.165, 1.54) is 42.9 Å². The first-order valence-corrected chi connectivity index (χ1v) is 6.39. The highest BCUT2D eigenvalue weighted by molar-refractivity contribution is 5.79. The van der Waals surface area contributed by atoms with Crippen LogP contribution >= 0.6 is 0 Å². The predicted octanol–water partition coefficient (Wildman–Crippen LogP) is 2.64. The largest absolute Gasteiger partial charge is 0.478 e. The summed E-state index contributed by atoms with van der Waals surface area (Å²) < 4.78 is 0. The van der Waals surface area contributed by atoms with E-state index < -0.39 is 5.97 Å². The zero-order valence-electron chi connectivity index (χ0n) is 10.7. The van der Waals surface area contributed by atoms with Crippen molar-refractivity contribution in [2.75, 3.05) is 18.5 Å². The molecule has 1 aromatic carbocycles. The normalized spacial score (nSPS) is 14.5. The molecule has 1 N–H and O–H groups in total. The molecule has 1 aliphatic carbocycles. The number of anilines is 1. The lowest BCUT2D eigenvalue weighted by molar-refractivity contribution is -0.131. The fraction of sp³-hybridized carbons (Fsp3) is 0.400. The topological polar surface area (TPSA) is 40.5 Å². The standard InChI is InChI=1S/C15H19NO2/c1-16(10-4-7-15(17)18)14-9-8-12-5-2-3-6-13(12)11-14/h4,7-9,11H,2-3,5-6,10H2,1H3,(H,17,18)/b7-4+. The van der Waals surface area contributed by atoms with Crippen molar-refractivity contribution in [3.8, 4) is 0 Å². The summed E-state index contributed by atoms with van der Waals surface area (Å²) in [5, 5.41) is 8.55. The Balaban J connectivity index is 2.06. The van der Waals surface area contributed by atoms with E-state index in [0.717, 1.165) is 5.69 Å². The number of carbonyl (C=O) groups is 1. The van der Waals surface area contributed by atoms with Crippen LogP contribution in [0.2, 0.25) is 0 Å². The molecule has 0 heterocycles. The molecule has 96 valence electrons. The molecular formula is C15H19NO2. The van der Waals surface area contributed by atoms with Gasteiger partial charge in [0.1, 0.15) is 0 Å². The first-order valence-electron chi connectivity index (χ1n) is 6.39. The zero-order chi connectivity index (χ0) is 13.0. The minimum absolute atomic E-state index is 0.616. The van der Waals surface area contributed by atoms with Gasteiger partial charge in [-0.25, -0.2) is 4.79 Å². The van der Waals surface area contributed by atoms with Crippen LogP contribution < -0.4 is 4.90 Å². The smallest absolute Gasteiger partial charge is 0.328 e. The predicted molar refractivity (Wildman–Crippen MR) is 73.1 cm³/mol. The molecule has 2 rings (SSSR count). The van der Waals surface area contributed by atoms with Gasteiger partial charge in [0, 0.05) is 25.4 Å². The van der Waals surface area contributed by atoms with E-state index >= 15 is 0 Å². The zero-order valence-corrected chi connectivity index (χ0v) is 10.7. The van der Waals surface area contributed by atoms with Gasteiger partial charge in [0.25, 0.3) is 0 Å². The van der Waals surface area contributed by atoms with Gasteiger partial charge in [-0.05, 0) is 48.9 Å². The number of likely N-dealkylation sites (N-methyl/N-ethyl adjacent to an activating group) is 1. The molecule has 3 heteroatoms. The highest BCUT2D eigenvalue weighted by atomic mass is 16.4. The van der Waals surface area contributed by atoms with Crippen LogP contribution in [-0.4, -0.2) is 24.7 Å². The molecule has 0 saturated carbocycles. The minimum atomic E-state index is -0.895. The molecule has 0 spiro atoms. The van der Waals surface area contributed by atoms with Crippen LogP contribution in [0.1, 0.15) is 24.0 Å². The van der Waals surface area contributed by atoms with Crippen molar-refractivity contribution in [3.63, 3.8) is 0 Å². The molecule has 0 aromatic heterocycles. The number of rotatable bonds is 4. The van der Waals surface area contributed by atoms with Crippen molar-refractivity contribution in [1.82, 2.24) is 0 Å². The number of aryl methyl sites for hydroxylation is 2. The molecule has 1 aliphatic rings. The molecule has 0 radical (unpaired) electrons. The number of nitrogens with zero attached hydrogens (tertiary/aromatic N) is 1. The van der Waals surface area contributed by atoms with Crippen molar-refractivity contribution in [2.45, 2.75) is 25.7 Å². The second-order valence-corrected chi connectivity index (χ2v) is 4.78. The quantitative estimate of drug-likeness (QED) is 0.829. The van der Waals surface area contributed by atoms with Gasteiger partial charge < -0.3 is 10.0 Å². The molecule has 1 aromatic rings. The van der Waals surface area contributed by atoms with Gasteiger partial charge in [-0.2, -0.15) is 0 Å². The van der Waals surface area contributed by atoms with Crippen LogP contribution in [-0.2, 0) is 17.6 Å². The average molecular weight is 245 g/mol. The summed E-state index contributed by atoms with van der Waals surface area (Å²) in [7, 11) is 1.98. The van der Waals surface area contributed by atoms with E-state index in [1.54, 1.807) is 6.08 Å². The Morgan fingerprint density at radius 2 is 2.06 bits per heavy atom. The number of benzene rings is 1. The van der Waals surface area contributed by atoms with Gasteiger partial charge >= 0.3 is 5.97 Å². The maximum absolute atomic E-state index is 10.4. The Hall–Kier alpha value is -1.77. The summed E-state index contributed by atoms with van der Waals surface area (Å²) in [4.78, 5) is 12.5. The van der Waals surface area contributed by atoms with Crippen molar-refractivity contribution in [1.29, 1.82) is 0 Å². The van der Waals surface area contributed by atoms with Crippen molar-refractivity contribution in [2.24, 2.45) is 0 Å². The molecule has 0 unspecified atom stereocenters. The van der Waals surface area contributed by atoms with Gasteiger partial charge in [-0.3, -0.25) is 0 Å². The van der Waals surface area contributed by atoms with Crippen LogP contribution in [0.5, 0.6) is 0 Å². The van der Waals surface area contributed by atoms with Gasteiger partial charge in [-0.15, -0.1) is 0 Å². The summed E-state index contributed by atoms with van der Waals surface area (Å²) in [5.41, 5.74) is 4.08. The molecule has 0 saturated heterocycles. The van der Waals surface area contributed by atoms with Crippen LogP contribution in [0.25, 0.3) is 0 Å². The van der Waals surface area contributed by atoms with E-state index in [2.05, 4.69) is 23.1 Å². The lowest BCUT2D eigenvalue weighted by atomic mass is 9.91. The molecule has 3 nitrogen and oxygen atoms in total. The number of hydrogen-bond donors (Lipinski definition) is 1. The van der Waals surface area contributed by atoms with Crippen molar-refractivity contribution < 1.29 is 9.90 Å². The monoisotopic (exact) mass is 245 g/mol. The second-order valence-electron chi connectivity index (χ2n) is 4.78. The molecule has 0 bridgehead atoms. The molecule has 0 aliphatic heterocycles. The molecule has 0 amide bonds. The lowest BCUT2D eigenvalue weighted by Crippen LogP contribution is -2.17. The maximum Gasteiger partial charge on any atom is 0.328 e. The third kappa shape index (κ3) is 3.13. The number of aliphatic carboxylic acids is 1. The fourth-order valence-corrected chi connectivity index (χ4v) is 2.37.